The van der Waals surface area contributed by atoms with E-state index in [0.29, 0.717) is 6.42 Å². The minimum atomic E-state index is -0.640. The van der Waals surface area contributed by atoms with Crippen LogP contribution < -0.4 is 0 Å². The van der Waals surface area contributed by atoms with E-state index < -0.39 is 18.2 Å². The summed E-state index contributed by atoms with van der Waals surface area (Å²) in [6.45, 7) is -0.206. The van der Waals surface area contributed by atoms with E-state index in [9.17, 15) is 4.79 Å². The van der Waals surface area contributed by atoms with Gasteiger partial charge in [0, 0.05) is 6.42 Å². The molecule has 0 aromatic rings. The summed E-state index contributed by atoms with van der Waals surface area (Å²) in [5.74, 6) is -0.433. The third-order valence-corrected chi connectivity index (χ3v) is 1.44. The number of ether oxygens (including phenoxy) is 1. The number of hydrogen-bond acceptors (Lipinski definition) is 4. The molecule has 1 aliphatic rings. The molecule has 1 aliphatic heterocycles. The predicted molar refractivity (Wildman–Crippen MR) is 32.2 cm³/mol. The zero-order valence-corrected chi connectivity index (χ0v) is 5.49. The van der Waals surface area contributed by atoms with Gasteiger partial charge in [-0.25, -0.2) is 0 Å². The van der Waals surface area contributed by atoms with Crippen molar-refractivity contribution in [1.29, 1.82) is 0 Å². The second kappa shape index (κ2) is 2.98. The molecule has 1 rings (SSSR count). The summed E-state index contributed by atoms with van der Waals surface area (Å²) in [6, 6.07) is 0. The van der Waals surface area contributed by atoms with E-state index in [4.69, 9.17) is 10.2 Å². The Bertz CT molecular complexity index is 134. The minimum Gasteiger partial charge on any atom is -0.460 e. The zero-order valence-electron chi connectivity index (χ0n) is 5.49. The summed E-state index contributed by atoms with van der Waals surface area (Å²) in [5.41, 5.74) is 0. The van der Waals surface area contributed by atoms with E-state index in [1.165, 1.54) is 0 Å². The number of aliphatic hydroxyl groups excluding tert-OH is 2. The lowest BCUT2D eigenvalue weighted by Crippen LogP contribution is -2.34. The highest BCUT2D eigenvalue weighted by atomic mass is 16.6. The van der Waals surface area contributed by atoms with Gasteiger partial charge in [-0.2, -0.15) is 0 Å². The van der Waals surface area contributed by atoms with Crippen LogP contribution in [-0.4, -0.2) is 35.0 Å². The van der Waals surface area contributed by atoms with Crippen LogP contribution in [0.25, 0.3) is 0 Å². The van der Waals surface area contributed by atoms with E-state index in [0.717, 1.165) is 0 Å². The molecule has 0 aromatic carbocycles. The lowest BCUT2D eigenvalue weighted by atomic mass is 10.1. The molecule has 0 bridgehead atoms. The monoisotopic (exact) mass is 146 g/mol. The Kier molecular flexibility index (Phi) is 2.24. The molecule has 4 nitrogen and oxygen atoms in total. The molecular weight excluding hydrogens is 136 g/mol. The first-order valence-corrected chi connectivity index (χ1v) is 3.20. The Morgan fingerprint density at radius 3 is 2.90 bits per heavy atom. The van der Waals surface area contributed by atoms with Gasteiger partial charge in [0.05, 0.1) is 19.1 Å². The largest absolute Gasteiger partial charge is 0.460 e. The fraction of sp³-hybridized carbons (Fsp3) is 0.833. The van der Waals surface area contributed by atoms with Gasteiger partial charge in [0.25, 0.3) is 0 Å². The lowest BCUT2D eigenvalue weighted by Gasteiger charge is -2.23. The third-order valence-electron chi connectivity index (χ3n) is 1.44. The molecule has 1 heterocycles. The van der Waals surface area contributed by atoms with Crippen molar-refractivity contribution in [2.24, 2.45) is 0 Å². The van der Waals surface area contributed by atoms with Gasteiger partial charge in [-0.3, -0.25) is 4.79 Å². The lowest BCUT2D eigenvalue weighted by molar-refractivity contribution is -0.162. The van der Waals surface area contributed by atoms with Gasteiger partial charge in [0.15, 0.2) is 0 Å². The summed E-state index contributed by atoms with van der Waals surface area (Å²) in [6.07, 6.45) is -0.742. The van der Waals surface area contributed by atoms with Gasteiger partial charge in [0.2, 0.25) is 0 Å². The number of aliphatic hydroxyl groups is 2. The second-order valence-corrected chi connectivity index (χ2v) is 2.39. The number of hydrogen-bond donors (Lipinski definition) is 2. The summed E-state index contributed by atoms with van der Waals surface area (Å²) in [7, 11) is 0. The molecule has 2 N–H and O–H groups in total. The van der Waals surface area contributed by atoms with Crippen LogP contribution in [0.3, 0.4) is 0 Å². The quantitative estimate of drug-likeness (QED) is 0.468. The summed E-state index contributed by atoms with van der Waals surface area (Å²) >= 11 is 0. The van der Waals surface area contributed by atoms with Gasteiger partial charge in [-0.15, -0.1) is 0 Å². The van der Waals surface area contributed by atoms with E-state index >= 15 is 0 Å². The number of esters is 1. The van der Waals surface area contributed by atoms with E-state index in [-0.39, 0.29) is 13.0 Å². The molecule has 0 aliphatic carbocycles. The molecule has 58 valence electrons. The second-order valence-electron chi connectivity index (χ2n) is 2.39. The van der Waals surface area contributed by atoms with Crippen LogP contribution in [0.5, 0.6) is 0 Å². The minimum absolute atomic E-state index is 0.0521. The van der Waals surface area contributed by atoms with E-state index in [2.05, 4.69) is 4.74 Å². The molecule has 0 saturated carbocycles. The summed E-state index contributed by atoms with van der Waals surface area (Å²) in [4.78, 5) is 10.5. The normalized spacial score (nSPS) is 33.6. The topological polar surface area (TPSA) is 66.8 Å². The van der Waals surface area contributed by atoms with Gasteiger partial charge >= 0.3 is 5.97 Å². The van der Waals surface area contributed by atoms with Crippen molar-refractivity contribution < 1.29 is 19.7 Å². The molecule has 1 fully saturated rings. The van der Waals surface area contributed by atoms with Gasteiger partial charge in [0.1, 0.15) is 6.10 Å². The summed E-state index contributed by atoms with van der Waals surface area (Å²) in [5, 5.41) is 17.5. The summed E-state index contributed by atoms with van der Waals surface area (Å²) < 4.78 is 4.66. The van der Waals surface area contributed by atoms with E-state index in [1.54, 1.807) is 0 Å². The van der Waals surface area contributed by atoms with Crippen molar-refractivity contribution in [1.82, 2.24) is 0 Å². The van der Waals surface area contributed by atoms with Crippen LogP contribution in [-0.2, 0) is 9.53 Å². The van der Waals surface area contributed by atoms with Crippen LogP contribution in [0.2, 0.25) is 0 Å². The van der Waals surface area contributed by atoms with Crippen LogP contribution >= 0.6 is 0 Å². The molecule has 0 radical (unpaired) electrons. The van der Waals surface area contributed by atoms with Crippen molar-refractivity contribution in [3.8, 4) is 0 Å². The Morgan fingerprint density at radius 1 is 1.70 bits per heavy atom. The number of rotatable bonds is 1. The number of cyclic esters (lactones) is 1. The smallest absolute Gasteiger partial charge is 0.308 e. The first-order chi connectivity index (χ1) is 4.72. The van der Waals surface area contributed by atoms with Gasteiger partial charge in [-0.05, 0) is 0 Å². The maximum Gasteiger partial charge on any atom is 0.308 e. The molecular formula is C6H10O4. The van der Waals surface area contributed by atoms with Gasteiger partial charge < -0.3 is 14.9 Å². The first kappa shape index (κ1) is 7.50. The van der Waals surface area contributed by atoms with Crippen LogP contribution in [0.15, 0.2) is 0 Å². The Morgan fingerprint density at radius 2 is 2.40 bits per heavy atom. The SMILES string of the molecule is O=C1C[C@H](O)CC(CO)O1. The fourth-order valence-corrected chi connectivity index (χ4v) is 0.973. The predicted octanol–water partition coefficient (Wildman–Crippen LogP) is -0.955. The van der Waals surface area contributed by atoms with Crippen molar-refractivity contribution in [3.63, 3.8) is 0 Å². The molecule has 1 unspecified atom stereocenters. The Labute approximate surface area is 58.4 Å². The molecule has 1 saturated heterocycles. The maximum absolute atomic E-state index is 10.5. The van der Waals surface area contributed by atoms with Crippen LogP contribution in [0, 0.1) is 0 Å². The highest BCUT2D eigenvalue weighted by Gasteiger charge is 2.26. The van der Waals surface area contributed by atoms with Crippen molar-refractivity contribution >= 4 is 5.97 Å². The average molecular weight is 146 g/mol. The third kappa shape index (κ3) is 1.68. The highest BCUT2D eigenvalue weighted by Crippen LogP contribution is 2.13. The Balaban J connectivity index is 2.42. The molecule has 0 amide bonds. The zero-order chi connectivity index (χ0) is 7.56. The van der Waals surface area contributed by atoms with Crippen LogP contribution in [0.1, 0.15) is 12.8 Å². The molecule has 0 spiro atoms. The van der Waals surface area contributed by atoms with Crippen molar-refractivity contribution in [3.05, 3.63) is 0 Å². The standard InChI is InChI=1S/C6H10O4/c7-3-5-1-4(8)2-6(9)10-5/h4-5,7-8H,1-3H2/t4-,5?/m1/s1. The first-order valence-electron chi connectivity index (χ1n) is 3.20. The maximum atomic E-state index is 10.5. The number of carbonyl (C=O) groups is 1. The molecule has 0 aromatic heterocycles. The van der Waals surface area contributed by atoms with Gasteiger partial charge in [-0.1, -0.05) is 0 Å². The molecule has 2 atom stereocenters. The van der Waals surface area contributed by atoms with Crippen molar-refractivity contribution in [2.75, 3.05) is 6.61 Å². The van der Waals surface area contributed by atoms with Crippen molar-refractivity contribution in [2.45, 2.75) is 25.0 Å². The highest BCUT2D eigenvalue weighted by molar-refractivity contribution is 5.70. The fourth-order valence-electron chi connectivity index (χ4n) is 0.973. The van der Waals surface area contributed by atoms with E-state index in [1.807, 2.05) is 0 Å². The Hall–Kier alpha value is -0.610. The average Bonchev–Trinajstić information content (AvgIpc) is 1.85. The molecule has 10 heavy (non-hydrogen) atoms. The molecule has 4 heteroatoms. The number of carbonyl (C=O) groups excluding carboxylic acids is 1. The van der Waals surface area contributed by atoms with Crippen LogP contribution in [0.4, 0.5) is 0 Å².